The Morgan fingerprint density at radius 2 is 1.77 bits per heavy atom. The summed E-state index contributed by atoms with van der Waals surface area (Å²) in [5, 5.41) is 1.79. The number of hydrogen-bond acceptors (Lipinski definition) is 3. The van der Waals surface area contributed by atoms with Crippen LogP contribution in [0.3, 0.4) is 0 Å². The van der Waals surface area contributed by atoms with Crippen LogP contribution >= 0.6 is 34.5 Å². The zero-order valence-corrected chi connectivity index (χ0v) is 19.6. The summed E-state index contributed by atoms with van der Waals surface area (Å²) in [5.74, 6) is 0.590. The lowest BCUT2D eigenvalue weighted by molar-refractivity contribution is 0.590. The van der Waals surface area contributed by atoms with Gasteiger partial charge in [-0.2, -0.15) is 0 Å². The van der Waals surface area contributed by atoms with E-state index in [4.69, 9.17) is 28.2 Å². The molecule has 1 N–H and O–H groups in total. The van der Waals surface area contributed by atoms with E-state index < -0.39 is 0 Å². The third-order valence-corrected chi connectivity index (χ3v) is 6.79. The van der Waals surface area contributed by atoms with Crippen molar-refractivity contribution in [3.63, 3.8) is 0 Å². The second kappa shape index (κ2) is 7.84. The van der Waals surface area contributed by atoms with Crippen molar-refractivity contribution in [3.05, 3.63) is 84.7 Å². The number of nitrogens with one attached hydrogen (secondary N) is 1. The Labute approximate surface area is 189 Å². The summed E-state index contributed by atoms with van der Waals surface area (Å²) in [4.78, 5) is 22.5. The fourth-order valence-corrected chi connectivity index (χ4v) is 5.12. The van der Waals surface area contributed by atoms with Crippen LogP contribution in [-0.2, 0) is 11.8 Å². The van der Waals surface area contributed by atoms with Crippen LogP contribution < -0.4 is 5.56 Å². The minimum Gasteiger partial charge on any atom is -0.310 e. The number of aromatic nitrogens is 2. The number of fused-ring (bicyclic) bond motifs is 1. The predicted molar refractivity (Wildman–Crippen MR) is 128 cm³/mol. The summed E-state index contributed by atoms with van der Waals surface area (Å²) in [6, 6.07) is 13.8. The van der Waals surface area contributed by atoms with Gasteiger partial charge in [0.15, 0.2) is 0 Å². The minimum absolute atomic E-state index is 0.0845. The first-order chi connectivity index (χ1) is 14.1. The lowest BCUT2D eigenvalue weighted by atomic mass is 9.86. The molecule has 2 heterocycles. The molecule has 0 aliphatic heterocycles. The molecule has 154 valence electrons. The second-order valence-electron chi connectivity index (χ2n) is 8.47. The summed E-state index contributed by atoms with van der Waals surface area (Å²) in [6.45, 7) is 8.61. The van der Waals surface area contributed by atoms with E-state index in [9.17, 15) is 4.79 Å². The number of nitrogens with zero attached hydrogens (tertiary/aromatic N) is 1. The molecule has 0 saturated carbocycles. The van der Waals surface area contributed by atoms with Gasteiger partial charge < -0.3 is 4.98 Å². The van der Waals surface area contributed by atoms with Crippen molar-refractivity contribution in [1.29, 1.82) is 0 Å². The highest BCUT2D eigenvalue weighted by molar-refractivity contribution is 7.19. The molecule has 2 aromatic carbocycles. The maximum Gasteiger partial charge on any atom is 0.260 e. The molecule has 0 atom stereocenters. The Kier molecular flexibility index (Phi) is 5.52. The predicted octanol–water partition coefficient (Wildman–Crippen LogP) is 7.16. The largest absolute Gasteiger partial charge is 0.310 e. The summed E-state index contributed by atoms with van der Waals surface area (Å²) in [6.07, 6.45) is 0.438. The normalized spacial score (nSPS) is 11.9. The maximum absolute atomic E-state index is 13.0. The molecular weight excluding hydrogens is 435 g/mol. The van der Waals surface area contributed by atoms with Crippen LogP contribution in [0.15, 0.2) is 47.3 Å². The number of H-pyrrole nitrogens is 1. The topological polar surface area (TPSA) is 45.8 Å². The number of benzene rings is 2. The van der Waals surface area contributed by atoms with Crippen molar-refractivity contribution in [2.45, 2.75) is 39.5 Å². The third-order valence-electron chi connectivity index (χ3n) is 5.20. The Bertz CT molecular complexity index is 1300. The number of halogens is 2. The van der Waals surface area contributed by atoms with E-state index >= 15 is 0 Å². The molecule has 30 heavy (non-hydrogen) atoms. The van der Waals surface area contributed by atoms with Gasteiger partial charge in [-0.15, -0.1) is 11.3 Å². The minimum atomic E-state index is -0.126. The monoisotopic (exact) mass is 456 g/mol. The summed E-state index contributed by atoms with van der Waals surface area (Å²) in [5.41, 5.74) is 4.08. The average molecular weight is 457 g/mol. The number of hydrogen-bond donors (Lipinski definition) is 1. The quantitative estimate of drug-likeness (QED) is 0.355. The van der Waals surface area contributed by atoms with Crippen molar-refractivity contribution in [1.82, 2.24) is 9.97 Å². The molecule has 4 aromatic rings. The van der Waals surface area contributed by atoms with Crippen molar-refractivity contribution < 1.29 is 0 Å². The van der Waals surface area contributed by atoms with Crippen molar-refractivity contribution >= 4 is 44.8 Å². The van der Waals surface area contributed by atoms with Gasteiger partial charge >= 0.3 is 0 Å². The molecule has 0 bridgehead atoms. The molecule has 0 amide bonds. The SMILES string of the molecule is Cc1sc2nc(Cc3ccc(Cl)cc3Cl)[nH]c(=O)c2c1-c1ccc(C(C)(C)C)cc1. The maximum atomic E-state index is 13.0. The molecule has 6 heteroatoms. The van der Waals surface area contributed by atoms with Gasteiger partial charge in [0, 0.05) is 26.9 Å². The van der Waals surface area contributed by atoms with Gasteiger partial charge in [0.05, 0.1) is 5.39 Å². The van der Waals surface area contributed by atoms with Crippen molar-refractivity contribution in [2.75, 3.05) is 0 Å². The van der Waals surface area contributed by atoms with Gasteiger partial charge in [-0.3, -0.25) is 4.79 Å². The fourth-order valence-electron chi connectivity index (χ4n) is 3.58. The summed E-state index contributed by atoms with van der Waals surface area (Å²) in [7, 11) is 0. The summed E-state index contributed by atoms with van der Waals surface area (Å²) >= 11 is 13.8. The standard InChI is InChI=1S/C24H22Cl2N2OS/c1-13-20(14-5-8-16(9-6-14)24(2,3)4)21-22(29)27-19(28-23(21)30-13)11-15-7-10-17(25)12-18(15)26/h5-10,12H,11H2,1-4H3,(H,27,28,29). The average Bonchev–Trinajstić information content (AvgIpc) is 3.00. The molecule has 0 unspecified atom stereocenters. The van der Waals surface area contributed by atoms with Gasteiger partial charge in [0.1, 0.15) is 10.7 Å². The zero-order valence-electron chi connectivity index (χ0n) is 17.3. The molecule has 0 fully saturated rings. The Balaban J connectivity index is 1.77. The molecule has 0 aliphatic rings. The molecule has 0 aliphatic carbocycles. The van der Waals surface area contributed by atoms with Crippen LogP contribution in [0.1, 0.15) is 42.6 Å². The van der Waals surface area contributed by atoms with Crippen LogP contribution in [0.2, 0.25) is 10.0 Å². The highest BCUT2D eigenvalue weighted by Gasteiger charge is 2.19. The molecular formula is C24H22Cl2N2OS. The van der Waals surface area contributed by atoms with E-state index in [1.165, 1.54) is 5.56 Å². The van der Waals surface area contributed by atoms with Gasteiger partial charge in [-0.25, -0.2) is 4.98 Å². The van der Waals surface area contributed by atoms with E-state index in [2.05, 4.69) is 50.0 Å². The van der Waals surface area contributed by atoms with Gasteiger partial charge in [0.2, 0.25) is 0 Å². The Morgan fingerprint density at radius 3 is 2.40 bits per heavy atom. The van der Waals surface area contributed by atoms with E-state index in [0.717, 1.165) is 26.4 Å². The first-order valence-corrected chi connectivity index (χ1v) is 11.3. The van der Waals surface area contributed by atoms with E-state index in [-0.39, 0.29) is 11.0 Å². The summed E-state index contributed by atoms with van der Waals surface area (Å²) < 4.78 is 0. The van der Waals surface area contributed by atoms with Crippen molar-refractivity contribution in [3.8, 4) is 11.1 Å². The molecule has 3 nitrogen and oxygen atoms in total. The molecule has 0 saturated heterocycles. The highest BCUT2D eigenvalue weighted by atomic mass is 35.5. The Morgan fingerprint density at radius 1 is 1.07 bits per heavy atom. The van der Waals surface area contributed by atoms with Gasteiger partial charge in [0.25, 0.3) is 5.56 Å². The smallest absolute Gasteiger partial charge is 0.260 e. The number of rotatable bonds is 3. The fraction of sp³-hybridized carbons (Fsp3) is 0.250. The first-order valence-electron chi connectivity index (χ1n) is 9.70. The van der Waals surface area contributed by atoms with E-state index in [0.29, 0.717) is 27.7 Å². The van der Waals surface area contributed by atoms with Gasteiger partial charge in [-0.1, -0.05) is 74.3 Å². The second-order valence-corrected chi connectivity index (χ2v) is 10.5. The highest BCUT2D eigenvalue weighted by Crippen LogP contribution is 2.36. The molecule has 0 radical (unpaired) electrons. The molecule has 2 aromatic heterocycles. The lowest BCUT2D eigenvalue weighted by Gasteiger charge is -2.19. The van der Waals surface area contributed by atoms with Crippen LogP contribution in [0.5, 0.6) is 0 Å². The zero-order chi connectivity index (χ0) is 21.6. The van der Waals surface area contributed by atoms with E-state index in [1.807, 2.05) is 13.0 Å². The van der Waals surface area contributed by atoms with Crippen LogP contribution in [0, 0.1) is 6.92 Å². The van der Waals surface area contributed by atoms with Crippen LogP contribution in [-0.4, -0.2) is 9.97 Å². The number of aryl methyl sites for hydroxylation is 1. The van der Waals surface area contributed by atoms with E-state index in [1.54, 1.807) is 23.5 Å². The number of thiophene rings is 1. The third kappa shape index (κ3) is 4.04. The Hall–Kier alpha value is -2.14. The van der Waals surface area contributed by atoms with Gasteiger partial charge in [-0.05, 0) is 41.2 Å². The van der Waals surface area contributed by atoms with Crippen molar-refractivity contribution in [2.24, 2.45) is 0 Å². The van der Waals surface area contributed by atoms with Crippen LogP contribution in [0.4, 0.5) is 0 Å². The van der Waals surface area contributed by atoms with Crippen LogP contribution in [0.25, 0.3) is 21.3 Å². The molecule has 4 rings (SSSR count). The molecule has 0 spiro atoms. The number of aromatic amines is 1. The first kappa shape index (κ1) is 21.1. The lowest BCUT2D eigenvalue weighted by Crippen LogP contribution is -2.12.